The van der Waals surface area contributed by atoms with Gasteiger partial charge in [0.25, 0.3) is 5.91 Å². The fourth-order valence-electron chi connectivity index (χ4n) is 2.88. The highest BCUT2D eigenvalue weighted by atomic mass is 16.5. The maximum Gasteiger partial charge on any atom is 0.256 e. The average molecular weight is 296 g/mol. The predicted molar refractivity (Wildman–Crippen MR) is 77.1 cm³/mol. The van der Waals surface area contributed by atoms with E-state index in [-0.39, 0.29) is 18.6 Å². The second-order valence-electron chi connectivity index (χ2n) is 6.28. The predicted octanol–water partition coefficient (Wildman–Crippen LogP) is 1.59. The van der Waals surface area contributed by atoms with Crippen molar-refractivity contribution in [2.75, 3.05) is 13.2 Å². The number of nitrogens with zero attached hydrogens (tertiary/aromatic N) is 1. The van der Waals surface area contributed by atoms with E-state index in [0.717, 1.165) is 0 Å². The molecule has 0 aromatic carbocycles. The van der Waals surface area contributed by atoms with E-state index in [1.165, 1.54) is 0 Å². The van der Waals surface area contributed by atoms with E-state index in [2.05, 4.69) is 10.5 Å². The van der Waals surface area contributed by atoms with Crippen LogP contribution in [0.25, 0.3) is 0 Å². The number of hydrogen-bond acceptors (Lipinski definition) is 5. The van der Waals surface area contributed by atoms with Gasteiger partial charge in [0.15, 0.2) is 0 Å². The lowest BCUT2D eigenvalue weighted by atomic mass is 9.56. The topological polar surface area (TPSA) is 84.6 Å². The molecule has 1 amide bonds. The van der Waals surface area contributed by atoms with E-state index in [4.69, 9.17) is 9.26 Å². The number of aromatic nitrogens is 1. The molecule has 2 atom stereocenters. The van der Waals surface area contributed by atoms with Crippen molar-refractivity contribution in [3.63, 3.8) is 0 Å². The summed E-state index contributed by atoms with van der Waals surface area (Å²) < 4.78 is 10.6. The smallest absolute Gasteiger partial charge is 0.256 e. The van der Waals surface area contributed by atoms with Crippen molar-refractivity contribution in [1.29, 1.82) is 0 Å². The number of carbonyl (C=O) groups is 1. The summed E-state index contributed by atoms with van der Waals surface area (Å²) in [6.07, 6.45) is 0.541. The summed E-state index contributed by atoms with van der Waals surface area (Å²) in [4.78, 5) is 12.2. The van der Waals surface area contributed by atoms with Gasteiger partial charge in [0.05, 0.1) is 17.4 Å². The fourth-order valence-corrected chi connectivity index (χ4v) is 2.88. The van der Waals surface area contributed by atoms with E-state index in [9.17, 15) is 9.90 Å². The molecule has 1 fully saturated rings. The first kappa shape index (κ1) is 16.0. The van der Waals surface area contributed by atoms with Crippen LogP contribution in [0.4, 0.5) is 0 Å². The lowest BCUT2D eigenvalue weighted by molar-refractivity contribution is -0.237. The maximum absolute atomic E-state index is 12.2. The number of carbonyl (C=O) groups excluding carboxylic acids is 1. The lowest BCUT2D eigenvalue weighted by Gasteiger charge is -2.57. The van der Waals surface area contributed by atoms with Crippen LogP contribution in [0.15, 0.2) is 4.52 Å². The zero-order valence-electron chi connectivity index (χ0n) is 13.3. The Morgan fingerprint density at radius 1 is 1.52 bits per heavy atom. The fraction of sp³-hybridized carbons (Fsp3) is 0.733. The first-order valence-electron chi connectivity index (χ1n) is 7.28. The molecule has 1 aromatic rings. The minimum absolute atomic E-state index is 0.0171. The van der Waals surface area contributed by atoms with Gasteiger partial charge >= 0.3 is 0 Å². The Kier molecular flexibility index (Phi) is 4.13. The summed E-state index contributed by atoms with van der Waals surface area (Å²) in [6, 6.07) is 0. The summed E-state index contributed by atoms with van der Waals surface area (Å²) in [7, 11) is 0. The van der Waals surface area contributed by atoms with Crippen LogP contribution in [-0.2, 0) is 4.74 Å². The van der Waals surface area contributed by atoms with Gasteiger partial charge in [-0.15, -0.1) is 0 Å². The van der Waals surface area contributed by atoms with Crippen molar-refractivity contribution >= 4 is 5.91 Å². The first-order valence-corrected chi connectivity index (χ1v) is 7.28. The maximum atomic E-state index is 12.2. The van der Waals surface area contributed by atoms with E-state index < -0.39 is 11.0 Å². The number of nitrogens with one attached hydrogen (secondary N) is 1. The Hall–Kier alpha value is -1.40. The molecule has 2 rings (SSSR count). The van der Waals surface area contributed by atoms with Gasteiger partial charge in [0.2, 0.25) is 0 Å². The van der Waals surface area contributed by atoms with Crippen molar-refractivity contribution in [3.05, 3.63) is 17.0 Å². The number of ether oxygens (including phenoxy) is 1. The monoisotopic (exact) mass is 296 g/mol. The molecule has 1 aliphatic carbocycles. The average Bonchev–Trinajstić information content (AvgIpc) is 2.75. The minimum Gasteiger partial charge on any atom is -0.387 e. The number of aryl methyl sites for hydroxylation is 2. The molecule has 2 N–H and O–H groups in total. The molecule has 0 unspecified atom stereocenters. The number of hydrogen-bond donors (Lipinski definition) is 2. The highest BCUT2D eigenvalue weighted by molar-refractivity contribution is 5.96. The summed E-state index contributed by atoms with van der Waals surface area (Å²) >= 11 is 0. The van der Waals surface area contributed by atoms with E-state index in [0.29, 0.717) is 30.0 Å². The van der Waals surface area contributed by atoms with Crippen molar-refractivity contribution < 1.29 is 19.2 Å². The molecule has 6 nitrogen and oxygen atoms in total. The van der Waals surface area contributed by atoms with Crippen molar-refractivity contribution in [3.8, 4) is 0 Å². The molecule has 6 heteroatoms. The van der Waals surface area contributed by atoms with Crippen LogP contribution in [-0.4, -0.2) is 41.0 Å². The summed E-state index contributed by atoms with van der Waals surface area (Å²) in [5.41, 5.74) is -0.356. The van der Waals surface area contributed by atoms with Crippen molar-refractivity contribution in [1.82, 2.24) is 10.5 Å². The summed E-state index contributed by atoms with van der Waals surface area (Å²) in [5, 5.41) is 17.2. The van der Waals surface area contributed by atoms with Crippen LogP contribution in [0.2, 0.25) is 0 Å². The number of amides is 1. The molecule has 1 saturated carbocycles. The Balaban J connectivity index is 1.99. The SMILES string of the molecule is CCO[C@H]1C[C@@](O)(CNC(=O)c2c(C)noc2C)C1(C)C. The molecular formula is C15H24N2O4. The van der Waals surface area contributed by atoms with Gasteiger partial charge in [-0.3, -0.25) is 4.79 Å². The van der Waals surface area contributed by atoms with Gasteiger partial charge in [-0.1, -0.05) is 19.0 Å². The second kappa shape index (κ2) is 5.42. The summed E-state index contributed by atoms with van der Waals surface area (Å²) in [6.45, 7) is 10.1. The van der Waals surface area contributed by atoms with Gasteiger partial charge in [-0.25, -0.2) is 0 Å². The molecule has 0 radical (unpaired) electrons. The van der Waals surface area contributed by atoms with Gasteiger partial charge in [0, 0.05) is 25.0 Å². The Morgan fingerprint density at radius 3 is 2.67 bits per heavy atom. The molecule has 1 heterocycles. The molecule has 118 valence electrons. The highest BCUT2D eigenvalue weighted by Gasteiger charge is 2.59. The third-order valence-corrected chi connectivity index (χ3v) is 4.70. The van der Waals surface area contributed by atoms with Crippen LogP contribution in [0.1, 0.15) is 49.0 Å². The third-order valence-electron chi connectivity index (χ3n) is 4.70. The molecule has 0 saturated heterocycles. The largest absolute Gasteiger partial charge is 0.387 e. The van der Waals surface area contributed by atoms with E-state index in [1.54, 1.807) is 13.8 Å². The Labute approximate surface area is 124 Å². The van der Waals surface area contributed by atoms with Crippen molar-refractivity contribution in [2.45, 2.75) is 52.7 Å². The van der Waals surface area contributed by atoms with Crippen LogP contribution in [0.5, 0.6) is 0 Å². The van der Waals surface area contributed by atoms with E-state index >= 15 is 0 Å². The zero-order chi connectivity index (χ0) is 15.8. The van der Waals surface area contributed by atoms with Gasteiger partial charge < -0.3 is 19.7 Å². The third kappa shape index (κ3) is 2.58. The van der Waals surface area contributed by atoms with E-state index in [1.807, 2.05) is 20.8 Å². The lowest BCUT2D eigenvalue weighted by Crippen LogP contribution is -2.68. The van der Waals surface area contributed by atoms with Crippen LogP contribution < -0.4 is 5.32 Å². The Bertz CT molecular complexity index is 518. The van der Waals surface area contributed by atoms with Crippen LogP contribution in [0, 0.1) is 19.3 Å². The molecule has 1 aliphatic rings. The molecular weight excluding hydrogens is 272 g/mol. The van der Waals surface area contributed by atoms with Gasteiger partial charge in [-0.2, -0.15) is 0 Å². The number of aliphatic hydroxyl groups is 1. The molecule has 0 bridgehead atoms. The molecule has 1 aromatic heterocycles. The van der Waals surface area contributed by atoms with Crippen LogP contribution >= 0.6 is 0 Å². The normalized spacial score (nSPS) is 27.2. The zero-order valence-corrected chi connectivity index (χ0v) is 13.3. The summed E-state index contributed by atoms with van der Waals surface area (Å²) in [5.74, 6) is 0.215. The number of rotatable bonds is 5. The molecule has 21 heavy (non-hydrogen) atoms. The van der Waals surface area contributed by atoms with Gasteiger partial charge in [0.1, 0.15) is 11.3 Å². The quantitative estimate of drug-likeness (QED) is 0.862. The molecule has 0 aliphatic heterocycles. The van der Waals surface area contributed by atoms with Crippen molar-refractivity contribution in [2.24, 2.45) is 5.41 Å². The van der Waals surface area contributed by atoms with Crippen LogP contribution in [0.3, 0.4) is 0 Å². The van der Waals surface area contributed by atoms with Gasteiger partial charge in [-0.05, 0) is 20.8 Å². The minimum atomic E-state index is -0.957. The highest BCUT2D eigenvalue weighted by Crippen LogP contribution is 2.50. The standard InChI is InChI=1S/C15H24N2O4/c1-6-20-11-7-15(19,14(11,4)5)8-16-13(18)12-9(2)17-21-10(12)3/h11,19H,6-8H2,1-5H3,(H,16,18)/t11-,15+/m0/s1. The molecule has 0 spiro atoms. The Morgan fingerprint density at radius 2 is 2.19 bits per heavy atom. The second-order valence-corrected chi connectivity index (χ2v) is 6.28. The first-order chi connectivity index (χ1) is 9.73.